The predicted octanol–water partition coefficient (Wildman–Crippen LogP) is 3.49. The van der Waals surface area contributed by atoms with Crippen LogP contribution < -0.4 is 0 Å². The van der Waals surface area contributed by atoms with Gasteiger partial charge < -0.3 is 0 Å². The number of allylic oxidation sites excluding steroid dienone is 2. The second-order valence-electron chi connectivity index (χ2n) is 3.49. The van der Waals surface area contributed by atoms with Gasteiger partial charge in [0.2, 0.25) is 0 Å². The lowest BCUT2D eigenvalue weighted by Crippen LogP contribution is -2.11. The molecule has 2 atom stereocenters. The molecule has 10 heavy (non-hydrogen) atoms. The van der Waals surface area contributed by atoms with Crippen molar-refractivity contribution in [2.45, 2.75) is 34.6 Å². The molecule has 2 unspecified atom stereocenters. The molecule has 0 aromatic carbocycles. The van der Waals surface area contributed by atoms with Crippen LogP contribution in [0.1, 0.15) is 34.6 Å². The van der Waals surface area contributed by atoms with Crippen molar-refractivity contribution in [3.05, 3.63) is 12.2 Å². The zero-order valence-corrected chi connectivity index (χ0v) is 7.89. The maximum absolute atomic E-state index is 2.31. The normalized spacial score (nSPS) is 18.2. The molecule has 0 aromatic heterocycles. The molecule has 0 bridgehead atoms. The lowest BCUT2D eigenvalue weighted by Gasteiger charge is -2.20. The van der Waals surface area contributed by atoms with E-state index in [9.17, 15) is 0 Å². The van der Waals surface area contributed by atoms with Crippen molar-refractivity contribution in [2.75, 3.05) is 0 Å². The average Bonchev–Trinajstić information content (AvgIpc) is 1.87. The lowest BCUT2D eigenvalue weighted by molar-refractivity contribution is 0.342. The molecule has 0 aliphatic heterocycles. The van der Waals surface area contributed by atoms with Gasteiger partial charge in [-0.15, -0.1) is 0 Å². The Bertz CT molecular complexity index is 101. The summed E-state index contributed by atoms with van der Waals surface area (Å²) in [6.45, 7) is 11.2. The van der Waals surface area contributed by atoms with E-state index in [1.54, 1.807) is 0 Å². The Morgan fingerprint density at radius 1 is 1.00 bits per heavy atom. The maximum Gasteiger partial charge on any atom is -0.0234 e. The molecule has 0 aliphatic carbocycles. The topological polar surface area (TPSA) is 0 Å². The summed E-state index contributed by atoms with van der Waals surface area (Å²) in [5.74, 6) is 2.33. The third kappa shape index (κ3) is 3.05. The zero-order chi connectivity index (χ0) is 8.15. The summed E-state index contributed by atoms with van der Waals surface area (Å²) >= 11 is 0. The maximum atomic E-state index is 2.31. The SMILES string of the molecule is CC=CC(C)C(C)C(C)C. The molecule has 0 nitrogen and oxygen atoms in total. The molecule has 0 saturated heterocycles. The van der Waals surface area contributed by atoms with E-state index >= 15 is 0 Å². The third-order valence-corrected chi connectivity index (χ3v) is 2.38. The summed E-state index contributed by atoms with van der Waals surface area (Å²) in [6.07, 6.45) is 4.42. The van der Waals surface area contributed by atoms with Crippen molar-refractivity contribution in [2.24, 2.45) is 17.8 Å². The van der Waals surface area contributed by atoms with Crippen molar-refractivity contribution in [3.63, 3.8) is 0 Å². The molecule has 0 fully saturated rings. The molecule has 0 heterocycles. The minimum Gasteiger partial charge on any atom is -0.0914 e. The summed E-state index contributed by atoms with van der Waals surface area (Å²) in [7, 11) is 0. The van der Waals surface area contributed by atoms with Gasteiger partial charge >= 0.3 is 0 Å². The van der Waals surface area contributed by atoms with Gasteiger partial charge in [0.15, 0.2) is 0 Å². The van der Waals surface area contributed by atoms with E-state index in [0.29, 0.717) is 0 Å². The number of hydrogen-bond donors (Lipinski definition) is 0. The van der Waals surface area contributed by atoms with Gasteiger partial charge in [0.1, 0.15) is 0 Å². The highest BCUT2D eigenvalue weighted by atomic mass is 14.2. The van der Waals surface area contributed by atoms with Gasteiger partial charge in [0.25, 0.3) is 0 Å². The summed E-state index contributed by atoms with van der Waals surface area (Å²) in [6, 6.07) is 0. The van der Waals surface area contributed by atoms with Crippen LogP contribution in [0, 0.1) is 17.8 Å². The van der Waals surface area contributed by atoms with Gasteiger partial charge in [0.05, 0.1) is 0 Å². The van der Waals surface area contributed by atoms with Crippen LogP contribution in [0.2, 0.25) is 0 Å². The zero-order valence-electron chi connectivity index (χ0n) is 7.89. The Morgan fingerprint density at radius 3 is 1.80 bits per heavy atom. The second-order valence-corrected chi connectivity index (χ2v) is 3.49. The highest BCUT2D eigenvalue weighted by molar-refractivity contribution is 4.86. The van der Waals surface area contributed by atoms with Gasteiger partial charge in [-0.25, -0.2) is 0 Å². The molecular weight excluding hydrogens is 120 g/mol. The van der Waals surface area contributed by atoms with E-state index in [0.717, 1.165) is 17.8 Å². The molecule has 60 valence electrons. The van der Waals surface area contributed by atoms with E-state index in [1.165, 1.54) is 0 Å². The van der Waals surface area contributed by atoms with Crippen LogP contribution >= 0.6 is 0 Å². The molecule has 0 aliphatic rings. The molecule has 0 aromatic rings. The molecule has 0 heteroatoms. The Labute approximate surface area is 65.3 Å². The average molecular weight is 140 g/mol. The quantitative estimate of drug-likeness (QED) is 0.526. The molecule has 0 amide bonds. The Hall–Kier alpha value is -0.260. The van der Waals surface area contributed by atoms with Crippen molar-refractivity contribution >= 4 is 0 Å². The van der Waals surface area contributed by atoms with Gasteiger partial charge in [-0.3, -0.25) is 0 Å². The van der Waals surface area contributed by atoms with Crippen molar-refractivity contribution in [1.82, 2.24) is 0 Å². The van der Waals surface area contributed by atoms with Gasteiger partial charge in [0, 0.05) is 0 Å². The molecule has 0 N–H and O–H groups in total. The van der Waals surface area contributed by atoms with E-state index in [4.69, 9.17) is 0 Å². The molecule has 0 rings (SSSR count). The first-order valence-electron chi connectivity index (χ1n) is 4.22. The van der Waals surface area contributed by atoms with Crippen LogP contribution in [0.5, 0.6) is 0 Å². The molecular formula is C10H20. The van der Waals surface area contributed by atoms with Crippen molar-refractivity contribution in [3.8, 4) is 0 Å². The van der Waals surface area contributed by atoms with Crippen LogP contribution in [0.4, 0.5) is 0 Å². The van der Waals surface area contributed by atoms with Crippen molar-refractivity contribution in [1.29, 1.82) is 0 Å². The van der Waals surface area contributed by atoms with E-state index in [-0.39, 0.29) is 0 Å². The highest BCUT2D eigenvalue weighted by Crippen LogP contribution is 2.20. The Morgan fingerprint density at radius 2 is 1.50 bits per heavy atom. The summed E-state index contributed by atoms with van der Waals surface area (Å²) in [5.41, 5.74) is 0. The fourth-order valence-corrected chi connectivity index (χ4v) is 1.09. The standard InChI is InChI=1S/C10H20/c1-6-7-9(4)10(5)8(2)3/h6-10H,1-5H3. The Kier molecular flexibility index (Phi) is 4.42. The monoisotopic (exact) mass is 140 g/mol. The van der Waals surface area contributed by atoms with E-state index < -0.39 is 0 Å². The lowest BCUT2D eigenvalue weighted by atomic mass is 9.86. The third-order valence-electron chi connectivity index (χ3n) is 2.38. The van der Waals surface area contributed by atoms with Crippen LogP contribution in [-0.2, 0) is 0 Å². The minimum atomic E-state index is 0.727. The van der Waals surface area contributed by atoms with Crippen LogP contribution in [0.3, 0.4) is 0 Å². The summed E-state index contributed by atoms with van der Waals surface area (Å²) in [5, 5.41) is 0. The molecule has 0 radical (unpaired) electrons. The van der Waals surface area contributed by atoms with E-state index in [2.05, 4.69) is 46.8 Å². The fourth-order valence-electron chi connectivity index (χ4n) is 1.09. The van der Waals surface area contributed by atoms with Crippen LogP contribution in [-0.4, -0.2) is 0 Å². The first kappa shape index (κ1) is 9.74. The largest absolute Gasteiger partial charge is 0.0914 e. The molecule has 0 saturated carbocycles. The molecule has 0 spiro atoms. The summed E-state index contributed by atoms with van der Waals surface area (Å²) < 4.78 is 0. The van der Waals surface area contributed by atoms with E-state index in [1.807, 2.05) is 0 Å². The summed E-state index contributed by atoms with van der Waals surface area (Å²) in [4.78, 5) is 0. The first-order valence-corrected chi connectivity index (χ1v) is 4.22. The van der Waals surface area contributed by atoms with Crippen molar-refractivity contribution < 1.29 is 0 Å². The predicted molar refractivity (Wildman–Crippen MR) is 48.0 cm³/mol. The van der Waals surface area contributed by atoms with Gasteiger partial charge in [-0.2, -0.15) is 0 Å². The first-order chi connectivity index (χ1) is 4.59. The van der Waals surface area contributed by atoms with Gasteiger partial charge in [-0.05, 0) is 24.7 Å². The fraction of sp³-hybridized carbons (Fsp3) is 0.800. The minimum absolute atomic E-state index is 0.727. The smallest absolute Gasteiger partial charge is 0.0234 e. The number of hydrogen-bond acceptors (Lipinski definition) is 0. The van der Waals surface area contributed by atoms with Crippen LogP contribution in [0.15, 0.2) is 12.2 Å². The van der Waals surface area contributed by atoms with Crippen LogP contribution in [0.25, 0.3) is 0 Å². The Balaban J connectivity index is 3.81. The number of rotatable bonds is 3. The highest BCUT2D eigenvalue weighted by Gasteiger charge is 2.11. The van der Waals surface area contributed by atoms with Gasteiger partial charge in [-0.1, -0.05) is 39.8 Å². The second kappa shape index (κ2) is 4.54.